The van der Waals surface area contributed by atoms with Crippen molar-refractivity contribution in [2.45, 2.75) is 32.4 Å². The molecular weight excluding hydrogens is 328 g/mol. The summed E-state index contributed by atoms with van der Waals surface area (Å²) in [4.78, 5) is 14.6. The lowest BCUT2D eigenvalue weighted by Gasteiger charge is -2.25. The molecule has 1 heterocycles. The van der Waals surface area contributed by atoms with Gasteiger partial charge in [-0.25, -0.2) is 4.79 Å². The minimum absolute atomic E-state index is 0.0165. The SMILES string of the molecule is CCOc1ccc(C2CCCN2C(=O)NCc2ccc(OC)cc2)cc1. The van der Waals surface area contributed by atoms with Crippen LogP contribution in [0.3, 0.4) is 0 Å². The molecule has 1 aliphatic heterocycles. The first kappa shape index (κ1) is 18.1. The Morgan fingerprint density at radius 1 is 1.12 bits per heavy atom. The fourth-order valence-corrected chi connectivity index (χ4v) is 3.33. The summed E-state index contributed by atoms with van der Waals surface area (Å²) in [5.74, 6) is 1.68. The Bertz CT molecular complexity index is 713. The van der Waals surface area contributed by atoms with Gasteiger partial charge in [0, 0.05) is 13.1 Å². The smallest absolute Gasteiger partial charge is 0.318 e. The second-order valence-electron chi connectivity index (χ2n) is 6.36. The highest BCUT2D eigenvalue weighted by Gasteiger charge is 2.29. The van der Waals surface area contributed by atoms with Crippen LogP contribution in [0.1, 0.15) is 36.9 Å². The summed E-state index contributed by atoms with van der Waals surface area (Å²) in [5, 5.41) is 3.03. The maximum atomic E-state index is 12.7. The van der Waals surface area contributed by atoms with Gasteiger partial charge in [-0.1, -0.05) is 24.3 Å². The zero-order valence-electron chi connectivity index (χ0n) is 15.4. The van der Waals surface area contributed by atoms with Gasteiger partial charge in [0.05, 0.1) is 19.8 Å². The number of carbonyl (C=O) groups is 1. The molecule has 1 aliphatic rings. The van der Waals surface area contributed by atoms with Gasteiger partial charge in [-0.3, -0.25) is 0 Å². The minimum Gasteiger partial charge on any atom is -0.497 e. The highest BCUT2D eigenvalue weighted by Crippen LogP contribution is 2.32. The Balaban J connectivity index is 1.60. The molecule has 1 atom stereocenters. The predicted octanol–water partition coefficient (Wildman–Crippen LogP) is 4.14. The molecule has 0 bridgehead atoms. The number of likely N-dealkylation sites (tertiary alicyclic amines) is 1. The van der Waals surface area contributed by atoms with E-state index in [-0.39, 0.29) is 12.1 Å². The van der Waals surface area contributed by atoms with E-state index in [1.165, 1.54) is 0 Å². The molecule has 1 N–H and O–H groups in total. The molecule has 5 heteroatoms. The van der Waals surface area contributed by atoms with Crippen molar-refractivity contribution in [1.82, 2.24) is 10.2 Å². The maximum Gasteiger partial charge on any atom is 0.318 e. The van der Waals surface area contributed by atoms with E-state index >= 15 is 0 Å². The summed E-state index contributed by atoms with van der Waals surface area (Å²) in [6, 6.07) is 15.9. The Morgan fingerprint density at radius 2 is 1.81 bits per heavy atom. The average molecular weight is 354 g/mol. The molecular formula is C21H26N2O3. The van der Waals surface area contributed by atoms with Gasteiger partial charge in [-0.2, -0.15) is 0 Å². The number of amides is 2. The number of nitrogens with zero attached hydrogens (tertiary/aromatic N) is 1. The van der Waals surface area contributed by atoms with Crippen molar-refractivity contribution in [3.63, 3.8) is 0 Å². The lowest BCUT2D eigenvalue weighted by molar-refractivity contribution is 0.192. The van der Waals surface area contributed by atoms with Crippen molar-refractivity contribution in [2.24, 2.45) is 0 Å². The van der Waals surface area contributed by atoms with Crippen molar-refractivity contribution in [1.29, 1.82) is 0 Å². The number of hydrogen-bond donors (Lipinski definition) is 1. The zero-order valence-corrected chi connectivity index (χ0v) is 15.4. The fourth-order valence-electron chi connectivity index (χ4n) is 3.33. The molecule has 0 saturated carbocycles. The van der Waals surface area contributed by atoms with Crippen molar-refractivity contribution >= 4 is 6.03 Å². The van der Waals surface area contributed by atoms with Crippen LogP contribution in [0.4, 0.5) is 4.79 Å². The number of hydrogen-bond acceptors (Lipinski definition) is 3. The first-order chi connectivity index (χ1) is 12.7. The molecule has 2 aromatic carbocycles. The Morgan fingerprint density at radius 3 is 2.46 bits per heavy atom. The van der Waals surface area contributed by atoms with Gasteiger partial charge in [0.25, 0.3) is 0 Å². The number of rotatable bonds is 6. The second-order valence-corrected chi connectivity index (χ2v) is 6.36. The van der Waals surface area contributed by atoms with Crippen LogP contribution in [-0.4, -0.2) is 31.2 Å². The molecule has 0 aliphatic carbocycles. The molecule has 2 amide bonds. The predicted molar refractivity (Wildman–Crippen MR) is 102 cm³/mol. The van der Waals surface area contributed by atoms with E-state index in [1.54, 1.807) is 7.11 Å². The lowest BCUT2D eigenvalue weighted by Crippen LogP contribution is -2.39. The number of ether oxygens (including phenoxy) is 2. The van der Waals surface area contributed by atoms with E-state index in [9.17, 15) is 4.79 Å². The number of methoxy groups -OCH3 is 1. The van der Waals surface area contributed by atoms with E-state index in [1.807, 2.05) is 48.2 Å². The van der Waals surface area contributed by atoms with Crippen LogP contribution in [-0.2, 0) is 6.54 Å². The van der Waals surface area contributed by atoms with Gasteiger partial charge >= 0.3 is 6.03 Å². The van der Waals surface area contributed by atoms with Crippen molar-refractivity contribution in [3.8, 4) is 11.5 Å². The molecule has 1 saturated heterocycles. The number of benzene rings is 2. The highest BCUT2D eigenvalue weighted by atomic mass is 16.5. The van der Waals surface area contributed by atoms with Crippen LogP contribution in [0, 0.1) is 0 Å². The van der Waals surface area contributed by atoms with Gasteiger partial charge < -0.3 is 19.7 Å². The Kier molecular flexibility index (Phi) is 6.00. The van der Waals surface area contributed by atoms with E-state index in [0.29, 0.717) is 13.2 Å². The van der Waals surface area contributed by atoms with Gasteiger partial charge in [-0.15, -0.1) is 0 Å². The van der Waals surface area contributed by atoms with Gasteiger partial charge in [0.15, 0.2) is 0 Å². The van der Waals surface area contributed by atoms with Crippen LogP contribution in [0.25, 0.3) is 0 Å². The molecule has 0 spiro atoms. The molecule has 1 unspecified atom stereocenters. The summed E-state index contributed by atoms with van der Waals surface area (Å²) in [6.45, 7) is 3.92. The van der Waals surface area contributed by atoms with E-state index < -0.39 is 0 Å². The van der Waals surface area contributed by atoms with Crippen molar-refractivity contribution in [3.05, 3.63) is 59.7 Å². The topological polar surface area (TPSA) is 50.8 Å². The number of carbonyl (C=O) groups excluding carboxylic acids is 1. The molecule has 2 aromatic rings. The van der Waals surface area contributed by atoms with Gasteiger partial charge in [0.1, 0.15) is 11.5 Å². The summed E-state index contributed by atoms with van der Waals surface area (Å²) < 4.78 is 10.7. The van der Waals surface area contributed by atoms with Crippen molar-refractivity contribution < 1.29 is 14.3 Å². The van der Waals surface area contributed by atoms with Crippen LogP contribution in [0.5, 0.6) is 11.5 Å². The Hall–Kier alpha value is -2.69. The zero-order chi connectivity index (χ0) is 18.4. The average Bonchev–Trinajstić information content (AvgIpc) is 3.17. The molecule has 138 valence electrons. The summed E-state index contributed by atoms with van der Waals surface area (Å²) in [5.41, 5.74) is 2.21. The minimum atomic E-state index is -0.0165. The normalized spacial score (nSPS) is 16.4. The third kappa shape index (κ3) is 4.28. The first-order valence-corrected chi connectivity index (χ1v) is 9.11. The van der Waals surface area contributed by atoms with E-state index in [2.05, 4.69) is 17.4 Å². The van der Waals surface area contributed by atoms with E-state index in [0.717, 1.165) is 42.0 Å². The number of urea groups is 1. The van der Waals surface area contributed by atoms with Crippen LogP contribution in [0.2, 0.25) is 0 Å². The van der Waals surface area contributed by atoms with E-state index in [4.69, 9.17) is 9.47 Å². The summed E-state index contributed by atoms with van der Waals surface area (Å²) in [7, 11) is 1.64. The summed E-state index contributed by atoms with van der Waals surface area (Å²) >= 11 is 0. The largest absolute Gasteiger partial charge is 0.497 e. The van der Waals surface area contributed by atoms with Gasteiger partial charge in [-0.05, 0) is 55.2 Å². The quantitative estimate of drug-likeness (QED) is 0.848. The third-order valence-corrected chi connectivity index (χ3v) is 4.69. The molecule has 26 heavy (non-hydrogen) atoms. The monoisotopic (exact) mass is 354 g/mol. The maximum absolute atomic E-state index is 12.7. The second kappa shape index (κ2) is 8.61. The third-order valence-electron chi connectivity index (χ3n) is 4.69. The van der Waals surface area contributed by atoms with Crippen LogP contribution in [0.15, 0.2) is 48.5 Å². The molecule has 0 radical (unpaired) electrons. The molecule has 5 nitrogen and oxygen atoms in total. The Labute approximate surface area is 154 Å². The summed E-state index contributed by atoms with van der Waals surface area (Å²) in [6.07, 6.45) is 2.01. The standard InChI is InChI=1S/C21H26N2O3/c1-3-26-19-12-8-17(9-13-19)20-5-4-14-23(20)21(24)22-15-16-6-10-18(25-2)11-7-16/h6-13,20H,3-5,14-15H2,1-2H3,(H,22,24). The first-order valence-electron chi connectivity index (χ1n) is 9.11. The lowest BCUT2D eigenvalue weighted by atomic mass is 10.0. The van der Waals surface area contributed by atoms with Crippen LogP contribution < -0.4 is 14.8 Å². The fraction of sp³-hybridized carbons (Fsp3) is 0.381. The molecule has 1 fully saturated rings. The molecule has 0 aromatic heterocycles. The van der Waals surface area contributed by atoms with Gasteiger partial charge in [0.2, 0.25) is 0 Å². The van der Waals surface area contributed by atoms with Crippen LogP contribution >= 0.6 is 0 Å². The highest BCUT2D eigenvalue weighted by molar-refractivity contribution is 5.75. The molecule has 3 rings (SSSR count). The van der Waals surface area contributed by atoms with Crippen molar-refractivity contribution in [2.75, 3.05) is 20.3 Å². The number of nitrogens with one attached hydrogen (secondary N) is 1.